The molecule has 5 heteroatoms. The van der Waals surface area contributed by atoms with Crippen LogP contribution in [0.5, 0.6) is 5.75 Å². The van der Waals surface area contributed by atoms with E-state index < -0.39 is 0 Å². The molecule has 0 saturated heterocycles. The van der Waals surface area contributed by atoms with Crippen LogP contribution in [0.3, 0.4) is 0 Å². The van der Waals surface area contributed by atoms with Crippen LogP contribution in [0.2, 0.25) is 0 Å². The van der Waals surface area contributed by atoms with Crippen molar-refractivity contribution >= 4 is 0 Å². The minimum absolute atomic E-state index is 0.256. The lowest BCUT2D eigenvalue weighted by Gasteiger charge is -2.07. The largest absolute Gasteiger partial charge is 0.489 e. The van der Waals surface area contributed by atoms with Crippen LogP contribution in [-0.2, 0) is 0 Å². The van der Waals surface area contributed by atoms with Crippen LogP contribution < -0.4 is 4.74 Å². The van der Waals surface area contributed by atoms with Crippen LogP contribution >= 0.6 is 0 Å². The van der Waals surface area contributed by atoms with Gasteiger partial charge >= 0.3 is 0 Å². The Balaban J connectivity index is 2.02. The summed E-state index contributed by atoms with van der Waals surface area (Å²) in [6.07, 6.45) is 1.23. The zero-order valence-corrected chi connectivity index (χ0v) is 10.9. The number of aromatic nitrogens is 2. The molecule has 19 heavy (non-hydrogen) atoms. The summed E-state index contributed by atoms with van der Waals surface area (Å²) in [5, 5.41) is 7.70. The third-order valence-corrected chi connectivity index (χ3v) is 2.66. The highest BCUT2D eigenvalue weighted by atomic mass is 19.1. The average Bonchev–Trinajstić information content (AvgIpc) is 2.87. The monoisotopic (exact) mass is 262 g/mol. The molecular weight excluding hydrogens is 247 g/mol. The van der Waals surface area contributed by atoms with Gasteiger partial charge in [0, 0.05) is 12.5 Å². The number of rotatable bonds is 5. The van der Waals surface area contributed by atoms with Gasteiger partial charge < -0.3 is 9.15 Å². The summed E-state index contributed by atoms with van der Waals surface area (Å²) in [5.41, 5.74) is 1.45. The summed E-state index contributed by atoms with van der Waals surface area (Å²) in [7, 11) is 0. The summed E-state index contributed by atoms with van der Waals surface area (Å²) in [5.74, 6) is 1.67. The smallest absolute Gasteiger partial charge is 0.247 e. The first-order chi connectivity index (χ1) is 9.22. The fourth-order valence-corrected chi connectivity index (χ4v) is 1.49. The van der Waals surface area contributed by atoms with Crippen molar-refractivity contribution in [3.05, 3.63) is 42.1 Å². The van der Waals surface area contributed by atoms with Crippen LogP contribution in [0.1, 0.15) is 19.2 Å². The molecule has 0 aliphatic heterocycles. The van der Waals surface area contributed by atoms with E-state index in [1.165, 1.54) is 0 Å². The van der Waals surface area contributed by atoms with Gasteiger partial charge in [-0.2, -0.15) is 0 Å². The van der Waals surface area contributed by atoms with Gasteiger partial charge in [-0.05, 0) is 36.3 Å². The molecule has 0 amide bonds. The Morgan fingerprint density at radius 2 is 2.05 bits per heavy atom. The Bertz CT molecular complexity index is 561. The molecule has 4 nitrogen and oxygen atoms in total. The highest BCUT2D eigenvalue weighted by molar-refractivity contribution is 5.53. The van der Waals surface area contributed by atoms with E-state index in [4.69, 9.17) is 9.15 Å². The first kappa shape index (κ1) is 13.3. The van der Waals surface area contributed by atoms with E-state index in [1.807, 2.05) is 19.1 Å². The molecule has 0 saturated carbocycles. The van der Waals surface area contributed by atoms with Gasteiger partial charge in [0.25, 0.3) is 0 Å². The van der Waals surface area contributed by atoms with E-state index in [-0.39, 0.29) is 6.61 Å². The van der Waals surface area contributed by atoms with Crippen LogP contribution in [0, 0.1) is 6.92 Å². The Kier molecular flexibility index (Phi) is 4.28. The molecule has 1 heterocycles. The average molecular weight is 262 g/mol. The molecule has 2 aromatic rings. The number of hydrogen-bond acceptors (Lipinski definition) is 4. The molecular formula is C14H15FN2O2. The molecule has 2 rings (SSSR count). The first-order valence-corrected chi connectivity index (χ1v) is 6.04. The molecule has 0 N–H and O–H groups in total. The van der Waals surface area contributed by atoms with Gasteiger partial charge in [-0.25, -0.2) is 4.39 Å². The van der Waals surface area contributed by atoms with Crippen LogP contribution in [0.25, 0.3) is 11.5 Å². The van der Waals surface area contributed by atoms with Gasteiger partial charge in [-0.15, -0.1) is 10.2 Å². The van der Waals surface area contributed by atoms with E-state index in [0.29, 0.717) is 35.9 Å². The zero-order valence-electron chi connectivity index (χ0n) is 10.9. The molecule has 1 aromatic carbocycles. The van der Waals surface area contributed by atoms with Gasteiger partial charge in [-0.3, -0.25) is 0 Å². The summed E-state index contributed by atoms with van der Waals surface area (Å²) in [6.45, 7) is 3.88. The molecule has 1 aromatic heterocycles. The fraction of sp³-hybridized carbons (Fsp3) is 0.286. The molecule has 0 aliphatic carbocycles. The molecule has 0 radical (unpaired) electrons. The SMILES string of the molecule is CC/C(=C\F)COc1ccc(-c2nnc(C)o2)cc1. The van der Waals surface area contributed by atoms with Crippen molar-refractivity contribution in [2.24, 2.45) is 0 Å². The number of benzene rings is 1. The maximum Gasteiger partial charge on any atom is 0.247 e. The van der Waals surface area contributed by atoms with Crippen LogP contribution in [0.4, 0.5) is 4.39 Å². The van der Waals surface area contributed by atoms with E-state index in [1.54, 1.807) is 19.1 Å². The molecule has 0 spiro atoms. The van der Waals surface area contributed by atoms with Gasteiger partial charge in [0.15, 0.2) is 0 Å². The predicted octanol–water partition coefficient (Wildman–Crippen LogP) is 3.69. The summed E-state index contributed by atoms with van der Waals surface area (Å²) in [4.78, 5) is 0. The Labute approximate surface area is 110 Å². The van der Waals surface area contributed by atoms with Crippen molar-refractivity contribution in [2.45, 2.75) is 20.3 Å². The summed E-state index contributed by atoms with van der Waals surface area (Å²) >= 11 is 0. The van der Waals surface area contributed by atoms with Crippen LogP contribution in [-0.4, -0.2) is 16.8 Å². The maximum absolute atomic E-state index is 12.4. The van der Waals surface area contributed by atoms with Crippen molar-refractivity contribution in [1.29, 1.82) is 0 Å². The standard InChI is InChI=1S/C14H15FN2O2/c1-3-11(8-15)9-18-13-6-4-12(5-7-13)14-17-16-10(2)19-14/h4-8H,3,9H2,1-2H3/b11-8+. The lowest BCUT2D eigenvalue weighted by atomic mass is 10.2. The molecule has 0 atom stereocenters. The Hall–Kier alpha value is -2.17. The number of hydrogen-bond donors (Lipinski definition) is 0. The third kappa shape index (κ3) is 3.40. The van der Waals surface area contributed by atoms with Gasteiger partial charge in [0.1, 0.15) is 12.4 Å². The summed E-state index contributed by atoms with van der Waals surface area (Å²) < 4.78 is 23.2. The molecule has 0 fully saturated rings. The lowest BCUT2D eigenvalue weighted by molar-refractivity contribution is 0.345. The Morgan fingerprint density at radius 1 is 1.32 bits per heavy atom. The predicted molar refractivity (Wildman–Crippen MR) is 69.4 cm³/mol. The minimum Gasteiger partial charge on any atom is -0.489 e. The zero-order chi connectivity index (χ0) is 13.7. The highest BCUT2D eigenvalue weighted by Crippen LogP contribution is 2.21. The van der Waals surface area contributed by atoms with Crippen molar-refractivity contribution in [2.75, 3.05) is 6.61 Å². The second-order valence-corrected chi connectivity index (χ2v) is 4.06. The number of ether oxygens (including phenoxy) is 1. The maximum atomic E-state index is 12.4. The van der Waals surface area contributed by atoms with E-state index >= 15 is 0 Å². The van der Waals surface area contributed by atoms with Gasteiger partial charge in [0.05, 0.1) is 6.33 Å². The first-order valence-electron chi connectivity index (χ1n) is 6.04. The quantitative estimate of drug-likeness (QED) is 0.824. The Morgan fingerprint density at radius 3 is 2.58 bits per heavy atom. The highest BCUT2D eigenvalue weighted by Gasteiger charge is 2.06. The molecule has 0 bridgehead atoms. The minimum atomic E-state index is 0.256. The van der Waals surface area contributed by atoms with Crippen molar-refractivity contribution in [1.82, 2.24) is 10.2 Å². The van der Waals surface area contributed by atoms with Crippen molar-refractivity contribution < 1.29 is 13.5 Å². The van der Waals surface area contributed by atoms with Gasteiger partial charge in [0.2, 0.25) is 11.8 Å². The lowest BCUT2D eigenvalue weighted by Crippen LogP contribution is -1.99. The fourth-order valence-electron chi connectivity index (χ4n) is 1.49. The topological polar surface area (TPSA) is 48.2 Å². The molecule has 0 aliphatic rings. The van der Waals surface area contributed by atoms with Crippen molar-refractivity contribution in [3.8, 4) is 17.2 Å². The summed E-state index contributed by atoms with van der Waals surface area (Å²) in [6, 6.07) is 7.24. The second kappa shape index (κ2) is 6.13. The van der Waals surface area contributed by atoms with Crippen molar-refractivity contribution in [3.63, 3.8) is 0 Å². The third-order valence-electron chi connectivity index (χ3n) is 2.66. The molecule has 100 valence electrons. The number of aryl methyl sites for hydroxylation is 1. The molecule has 0 unspecified atom stereocenters. The van der Waals surface area contributed by atoms with Gasteiger partial charge in [-0.1, -0.05) is 6.92 Å². The normalized spacial score (nSPS) is 11.6. The number of halogens is 1. The van der Waals surface area contributed by atoms with E-state index in [9.17, 15) is 4.39 Å². The van der Waals surface area contributed by atoms with E-state index in [2.05, 4.69) is 10.2 Å². The van der Waals surface area contributed by atoms with E-state index in [0.717, 1.165) is 5.56 Å². The second-order valence-electron chi connectivity index (χ2n) is 4.06. The van der Waals surface area contributed by atoms with Crippen LogP contribution in [0.15, 0.2) is 40.6 Å². The number of nitrogens with zero attached hydrogens (tertiary/aromatic N) is 2.